The number of thioether (sulfide) groups is 2. The van der Waals surface area contributed by atoms with Crippen molar-refractivity contribution in [2.75, 3.05) is 5.75 Å². The zero-order valence-electron chi connectivity index (χ0n) is 10.6. The number of rotatable bonds is 5. The lowest BCUT2D eigenvalue weighted by atomic mass is 10.1. The number of carboxylic acid groups (broad SMARTS) is 1. The van der Waals surface area contributed by atoms with Gasteiger partial charge >= 0.3 is 5.97 Å². The van der Waals surface area contributed by atoms with Gasteiger partial charge in [0.2, 0.25) is 0 Å². The van der Waals surface area contributed by atoms with Crippen LogP contribution in [0.5, 0.6) is 0 Å². The molecule has 2 heterocycles. The number of carboxylic acids is 1. The Bertz CT molecular complexity index is 601. The van der Waals surface area contributed by atoms with Crippen LogP contribution in [-0.2, 0) is 17.6 Å². The van der Waals surface area contributed by atoms with Crippen LogP contribution in [0.25, 0.3) is 0 Å². The molecule has 0 saturated heterocycles. The van der Waals surface area contributed by atoms with Gasteiger partial charge in [-0.15, -0.1) is 23.1 Å². The third kappa shape index (κ3) is 3.37. The first-order valence-electron chi connectivity index (χ1n) is 6.24. The van der Waals surface area contributed by atoms with E-state index in [1.165, 1.54) is 21.8 Å². The van der Waals surface area contributed by atoms with Gasteiger partial charge in [0, 0.05) is 21.3 Å². The highest BCUT2D eigenvalue weighted by Crippen LogP contribution is 2.39. The van der Waals surface area contributed by atoms with Gasteiger partial charge in [0.15, 0.2) is 0 Å². The molecule has 6 heteroatoms. The highest BCUT2D eigenvalue weighted by Gasteiger charge is 2.22. The number of aromatic nitrogens is 1. The van der Waals surface area contributed by atoms with Gasteiger partial charge in [-0.1, -0.05) is 30.0 Å². The van der Waals surface area contributed by atoms with E-state index in [2.05, 4.69) is 29.2 Å². The van der Waals surface area contributed by atoms with E-state index in [4.69, 9.17) is 5.11 Å². The average molecular weight is 323 g/mol. The fourth-order valence-corrected chi connectivity index (χ4v) is 5.45. The minimum absolute atomic E-state index is 0.0146. The molecule has 1 N–H and O–H groups in total. The molecule has 1 aromatic carbocycles. The number of aliphatic carboxylic acids is 1. The predicted octanol–water partition coefficient (Wildman–Crippen LogP) is 3.58. The number of thiazole rings is 1. The molecule has 0 aliphatic carbocycles. The van der Waals surface area contributed by atoms with Crippen LogP contribution in [0.4, 0.5) is 0 Å². The lowest BCUT2D eigenvalue weighted by Crippen LogP contribution is -2.04. The molecule has 0 radical (unpaired) electrons. The van der Waals surface area contributed by atoms with Crippen LogP contribution in [0.2, 0.25) is 0 Å². The normalized spacial score (nSPS) is 17.1. The van der Waals surface area contributed by atoms with Gasteiger partial charge in [-0.3, -0.25) is 4.79 Å². The van der Waals surface area contributed by atoms with Crippen molar-refractivity contribution < 1.29 is 9.90 Å². The van der Waals surface area contributed by atoms with Crippen molar-refractivity contribution in [2.45, 2.75) is 27.3 Å². The molecule has 1 unspecified atom stereocenters. The Labute approximate surface area is 129 Å². The van der Waals surface area contributed by atoms with E-state index in [-0.39, 0.29) is 6.42 Å². The second-order valence-corrected chi connectivity index (χ2v) is 8.01. The summed E-state index contributed by atoms with van der Waals surface area (Å²) in [4.78, 5) is 16.4. The van der Waals surface area contributed by atoms with Crippen molar-refractivity contribution in [1.82, 2.24) is 4.98 Å². The Morgan fingerprint density at radius 1 is 1.45 bits per heavy atom. The van der Waals surface area contributed by atoms with Crippen molar-refractivity contribution in [3.05, 3.63) is 40.9 Å². The minimum atomic E-state index is -0.825. The van der Waals surface area contributed by atoms with E-state index in [0.29, 0.717) is 10.9 Å². The first-order valence-corrected chi connectivity index (χ1v) is 8.99. The number of hydrogen-bond donors (Lipinski definition) is 1. The summed E-state index contributed by atoms with van der Waals surface area (Å²) in [6.07, 6.45) is 1.13. The molecular weight excluding hydrogens is 310 g/mol. The summed E-state index contributed by atoms with van der Waals surface area (Å²) in [5.74, 6) is 0.188. The second-order valence-electron chi connectivity index (χ2n) is 4.54. The molecule has 3 rings (SSSR count). The molecule has 0 spiro atoms. The third-order valence-corrected chi connectivity index (χ3v) is 6.73. The maximum atomic E-state index is 10.6. The summed E-state index contributed by atoms with van der Waals surface area (Å²) in [7, 11) is 0. The van der Waals surface area contributed by atoms with Gasteiger partial charge in [0.1, 0.15) is 4.34 Å². The summed E-state index contributed by atoms with van der Waals surface area (Å²) in [6.45, 7) is 0. The van der Waals surface area contributed by atoms with Gasteiger partial charge in [0.05, 0.1) is 12.1 Å². The highest BCUT2D eigenvalue weighted by atomic mass is 32.2. The Kier molecular flexibility index (Phi) is 4.33. The van der Waals surface area contributed by atoms with Gasteiger partial charge < -0.3 is 5.11 Å². The first kappa shape index (κ1) is 14.0. The summed E-state index contributed by atoms with van der Waals surface area (Å²) < 4.78 is 0.970. The molecule has 2 aromatic rings. The van der Waals surface area contributed by atoms with Crippen molar-refractivity contribution in [3.63, 3.8) is 0 Å². The van der Waals surface area contributed by atoms with Gasteiger partial charge in [-0.2, -0.15) is 0 Å². The van der Waals surface area contributed by atoms with Crippen molar-refractivity contribution in [3.8, 4) is 0 Å². The lowest BCUT2D eigenvalue weighted by molar-refractivity contribution is -0.136. The van der Waals surface area contributed by atoms with E-state index in [0.717, 1.165) is 16.5 Å². The summed E-state index contributed by atoms with van der Waals surface area (Å²) in [6, 6.07) is 8.55. The monoisotopic (exact) mass is 323 g/mol. The van der Waals surface area contributed by atoms with Crippen molar-refractivity contribution in [2.24, 2.45) is 0 Å². The molecule has 1 aliphatic heterocycles. The molecule has 0 fully saturated rings. The molecule has 20 heavy (non-hydrogen) atoms. The molecule has 0 saturated carbocycles. The van der Waals surface area contributed by atoms with E-state index in [9.17, 15) is 4.79 Å². The Balaban J connectivity index is 1.54. The topological polar surface area (TPSA) is 50.2 Å². The Morgan fingerprint density at radius 3 is 3.10 bits per heavy atom. The van der Waals surface area contributed by atoms with Gasteiger partial charge in [-0.05, 0) is 18.1 Å². The fourth-order valence-electron chi connectivity index (χ4n) is 2.10. The predicted molar refractivity (Wildman–Crippen MR) is 84.0 cm³/mol. The zero-order chi connectivity index (χ0) is 13.9. The molecule has 104 valence electrons. The number of hydrogen-bond acceptors (Lipinski definition) is 5. The zero-order valence-corrected chi connectivity index (χ0v) is 13.1. The van der Waals surface area contributed by atoms with Crippen LogP contribution in [0.15, 0.2) is 38.9 Å². The molecule has 1 atom stereocenters. The van der Waals surface area contributed by atoms with Gasteiger partial charge in [-0.25, -0.2) is 4.98 Å². The van der Waals surface area contributed by atoms with Crippen LogP contribution in [0.1, 0.15) is 11.3 Å². The standard InChI is InChI=1S/C14H13NO2S3/c16-13(17)6-10-7-18-14(15-10)19-8-11-5-9-3-1-2-4-12(9)20-11/h1-4,7,11H,5-6,8H2,(H,16,17). The largest absolute Gasteiger partial charge is 0.481 e. The van der Waals surface area contributed by atoms with Gasteiger partial charge in [0.25, 0.3) is 0 Å². The number of benzene rings is 1. The summed E-state index contributed by atoms with van der Waals surface area (Å²) >= 11 is 5.20. The number of fused-ring (bicyclic) bond motifs is 1. The third-order valence-electron chi connectivity index (χ3n) is 2.97. The highest BCUT2D eigenvalue weighted by molar-refractivity contribution is 8.04. The second kappa shape index (κ2) is 6.20. The maximum absolute atomic E-state index is 10.6. The van der Waals surface area contributed by atoms with E-state index >= 15 is 0 Å². The van der Waals surface area contributed by atoms with Crippen LogP contribution >= 0.6 is 34.9 Å². The smallest absolute Gasteiger partial charge is 0.309 e. The SMILES string of the molecule is O=C(O)Cc1csc(SCC2Cc3ccccc3S2)n1. The Morgan fingerprint density at radius 2 is 2.30 bits per heavy atom. The average Bonchev–Trinajstić information content (AvgIpc) is 3.01. The quantitative estimate of drug-likeness (QED) is 0.852. The maximum Gasteiger partial charge on any atom is 0.309 e. The number of carbonyl (C=O) groups is 1. The molecule has 1 aliphatic rings. The van der Waals surface area contributed by atoms with E-state index in [1.807, 2.05) is 17.1 Å². The molecule has 0 amide bonds. The number of nitrogens with zero attached hydrogens (tertiary/aromatic N) is 1. The first-order chi connectivity index (χ1) is 9.70. The summed E-state index contributed by atoms with van der Waals surface area (Å²) in [5, 5.41) is 11.2. The molecule has 0 bridgehead atoms. The van der Waals surface area contributed by atoms with E-state index < -0.39 is 5.97 Å². The van der Waals surface area contributed by atoms with Crippen LogP contribution in [0, 0.1) is 0 Å². The van der Waals surface area contributed by atoms with Crippen LogP contribution in [0.3, 0.4) is 0 Å². The van der Waals surface area contributed by atoms with E-state index in [1.54, 1.807) is 11.8 Å². The fraction of sp³-hybridized carbons (Fsp3) is 0.286. The molecule has 3 nitrogen and oxygen atoms in total. The van der Waals surface area contributed by atoms with Crippen molar-refractivity contribution >= 4 is 40.8 Å². The minimum Gasteiger partial charge on any atom is -0.481 e. The van der Waals surface area contributed by atoms with Crippen LogP contribution < -0.4 is 0 Å². The Hall–Kier alpha value is -0.980. The summed E-state index contributed by atoms with van der Waals surface area (Å²) in [5.41, 5.74) is 2.10. The molecule has 1 aromatic heterocycles. The van der Waals surface area contributed by atoms with Crippen molar-refractivity contribution in [1.29, 1.82) is 0 Å². The lowest BCUT2D eigenvalue weighted by Gasteiger charge is -2.05. The van der Waals surface area contributed by atoms with Crippen LogP contribution in [-0.4, -0.2) is 27.1 Å². The molecular formula is C14H13NO2S3.